The fourth-order valence-corrected chi connectivity index (χ4v) is 1.93. The highest BCUT2D eigenvalue weighted by Gasteiger charge is 2.30. The minimum Gasteiger partial charge on any atom is -0.481 e. The molecule has 0 bridgehead atoms. The van der Waals surface area contributed by atoms with E-state index < -0.39 is 0 Å². The Labute approximate surface area is 101 Å². The SMILES string of the molecule is COc1nc(OC)c(CCCN)c(C2CC2)n1. The van der Waals surface area contributed by atoms with Gasteiger partial charge in [0, 0.05) is 11.5 Å². The summed E-state index contributed by atoms with van der Waals surface area (Å²) >= 11 is 0. The van der Waals surface area contributed by atoms with Gasteiger partial charge in [0.1, 0.15) is 0 Å². The maximum Gasteiger partial charge on any atom is 0.319 e. The van der Waals surface area contributed by atoms with Gasteiger partial charge in [-0.3, -0.25) is 0 Å². The molecule has 0 aliphatic heterocycles. The molecule has 1 aromatic rings. The van der Waals surface area contributed by atoms with Crippen molar-refractivity contribution in [3.63, 3.8) is 0 Å². The maximum absolute atomic E-state index is 5.56. The van der Waals surface area contributed by atoms with Gasteiger partial charge in [-0.25, -0.2) is 0 Å². The Bertz CT molecular complexity index is 392. The molecule has 5 nitrogen and oxygen atoms in total. The monoisotopic (exact) mass is 237 g/mol. The molecule has 5 heteroatoms. The molecule has 1 saturated carbocycles. The second-order valence-corrected chi connectivity index (χ2v) is 4.25. The lowest BCUT2D eigenvalue weighted by atomic mass is 10.1. The van der Waals surface area contributed by atoms with Gasteiger partial charge >= 0.3 is 6.01 Å². The van der Waals surface area contributed by atoms with E-state index in [1.54, 1.807) is 14.2 Å². The lowest BCUT2D eigenvalue weighted by Crippen LogP contribution is -2.08. The molecule has 1 heterocycles. The van der Waals surface area contributed by atoms with Crippen molar-refractivity contribution >= 4 is 0 Å². The van der Waals surface area contributed by atoms with E-state index in [1.807, 2.05) is 0 Å². The molecule has 94 valence electrons. The van der Waals surface area contributed by atoms with Crippen molar-refractivity contribution in [1.82, 2.24) is 9.97 Å². The number of nitrogens with zero attached hydrogens (tertiary/aromatic N) is 2. The number of rotatable bonds is 6. The zero-order chi connectivity index (χ0) is 12.3. The number of nitrogens with two attached hydrogens (primary N) is 1. The van der Waals surface area contributed by atoms with Crippen LogP contribution in [0.2, 0.25) is 0 Å². The second-order valence-electron chi connectivity index (χ2n) is 4.25. The quantitative estimate of drug-likeness (QED) is 0.806. The molecule has 0 aromatic carbocycles. The van der Waals surface area contributed by atoms with Crippen LogP contribution in [0.4, 0.5) is 0 Å². The van der Waals surface area contributed by atoms with Crippen LogP contribution in [0.25, 0.3) is 0 Å². The molecule has 0 unspecified atom stereocenters. The summed E-state index contributed by atoms with van der Waals surface area (Å²) in [5, 5.41) is 0. The predicted octanol–water partition coefficient (Wildman–Crippen LogP) is 1.26. The van der Waals surface area contributed by atoms with Crippen LogP contribution in [0, 0.1) is 0 Å². The smallest absolute Gasteiger partial charge is 0.319 e. The Morgan fingerprint density at radius 2 is 2.00 bits per heavy atom. The van der Waals surface area contributed by atoms with Crippen LogP contribution in [-0.2, 0) is 6.42 Å². The van der Waals surface area contributed by atoms with E-state index in [1.165, 1.54) is 12.8 Å². The molecule has 0 amide bonds. The molecular formula is C12H19N3O2. The first kappa shape index (κ1) is 12.1. The standard InChI is InChI=1S/C12H19N3O2/c1-16-11-9(4-3-7-13)10(8-5-6-8)14-12(15-11)17-2/h8H,3-7,13H2,1-2H3. The largest absolute Gasteiger partial charge is 0.481 e. The molecule has 17 heavy (non-hydrogen) atoms. The molecule has 0 saturated heterocycles. The van der Waals surface area contributed by atoms with Crippen molar-refractivity contribution in [1.29, 1.82) is 0 Å². The van der Waals surface area contributed by atoms with Gasteiger partial charge in [0.15, 0.2) is 0 Å². The van der Waals surface area contributed by atoms with Crippen molar-refractivity contribution in [3.8, 4) is 11.9 Å². The van der Waals surface area contributed by atoms with Crippen molar-refractivity contribution < 1.29 is 9.47 Å². The fraction of sp³-hybridized carbons (Fsp3) is 0.667. The zero-order valence-electron chi connectivity index (χ0n) is 10.4. The molecule has 2 N–H and O–H groups in total. The third kappa shape index (κ3) is 2.66. The number of hydrogen-bond donors (Lipinski definition) is 1. The second kappa shape index (κ2) is 5.31. The summed E-state index contributed by atoms with van der Waals surface area (Å²) in [6, 6.07) is 0.389. The molecule has 0 spiro atoms. The molecule has 1 aliphatic rings. The maximum atomic E-state index is 5.56. The normalized spacial score (nSPS) is 14.8. The van der Waals surface area contributed by atoms with E-state index in [-0.39, 0.29) is 0 Å². The third-order valence-corrected chi connectivity index (χ3v) is 2.95. The Morgan fingerprint density at radius 3 is 2.53 bits per heavy atom. The first-order valence-electron chi connectivity index (χ1n) is 5.99. The van der Waals surface area contributed by atoms with Crippen molar-refractivity contribution in [3.05, 3.63) is 11.3 Å². The minimum atomic E-state index is 0.389. The van der Waals surface area contributed by atoms with Gasteiger partial charge in [-0.1, -0.05) is 0 Å². The lowest BCUT2D eigenvalue weighted by molar-refractivity contribution is 0.346. The molecule has 1 aliphatic carbocycles. The topological polar surface area (TPSA) is 70.3 Å². The summed E-state index contributed by atoms with van der Waals surface area (Å²) in [5.74, 6) is 1.18. The van der Waals surface area contributed by atoms with Crippen molar-refractivity contribution in [2.45, 2.75) is 31.6 Å². The van der Waals surface area contributed by atoms with Crippen LogP contribution in [0.1, 0.15) is 36.4 Å². The molecule has 0 radical (unpaired) electrons. The number of methoxy groups -OCH3 is 2. The van der Waals surface area contributed by atoms with Gasteiger partial charge < -0.3 is 15.2 Å². The molecule has 0 atom stereocenters. The number of aromatic nitrogens is 2. The molecule has 2 rings (SSSR count). The summed E-state index contributed by atoms with van der Waals surface area (Å²) in [4.78, 5) is 8.70. The Balaban J connectivity index is 2.36. The van der Waals surface area contributed by atoms with Crippen LogP contribution in [0.3, 0.4) is 0 Å². The third-order valence-electron chi connectivity index (χ3n) is 2.95. The fourth-order valence-electron chi connectivity index (χ4n) is 1.93. The average Bonchev–Trinajstić information content (AvgIpc) is 3.19. The van der Waals surface area contributed by atoms with Gasteiger partial charge in [-0.2, -0.15) is 9.97 Å². The summed E-state index contributed by atoms with van der Waals surface area (Å²) in [5.41, 5.74) is 7.74. The minimum absolute atomic E-state index is 0.389. The molecule has 1 aromatic heterocycles. The van der Waals surface area contributed by atoms with Crippen molar-refractivity contribution in [2.75, 3.05) is 20.8 Å². The number of ether oxygens (including phenoxy) is 2. The first-order chi connectivity index (χ1) is 8.30. The first-order valence-corrected chi connectivity index (χ1v) is 5.99. The van der Waals surface area contributed by atoms with Crippen LogP contribution >= 0.6 is 0 Å². The van der Waals surface area contributed by atoms with Gasteiger partial charge in [0.05, 0.1) is 19.9 Å². The van der Waals surface area contributed by atoms with E-state index in [2.05, 4.69) is 9.97 Å². The zero-order valence-corrected chi connectivity index (χ0v) is 10.4. The number of hydrogen-bond acceptors (Lipinski definition) is 5. The van der Waals surface area contributed by atoms with Crippen LogP contribution < -0.4 is 15.2 Å². The van der Waals surface area contributed by atoms with Gasteiger partial charge in [0.25, 0.3) is 0 Å². The lowest BCUT2D eigenvalue weighted by Gasteiger charge is -2.13. The van der Waals surface area contributed by atoms with E-state index in [9.17, 15) is 0 Å². The van der Waals surface area contributed by atoms with E-state index in [0.717, 1.165) is 24.1 Å². The molecular weight excluding hydrogens is 218 g/mol. The molecule has 1 fully saturated rings. The predicted molar refractivity (Wildman–Crippen MR) is 64.5 cm³/mol. The van der Waals surface area contributed by atoms with E-state index in [0.29, 0.717) is 24.4 Å². The van der Waals surface area contributed by atoms with Crippen LogP contribution in [-0.4, -0.2) is 30.7 Å². The van der Waals surface area contributed by atoms with Gasteiger partial charge in [-0.05, 0) is 32.2 Å². The Kier molecular flexibility index (Phi) is 3.78. The summed E-state index contributed by atoms with van der Waals surface area (Å²) in [6.45, 7) is 0.666. The van der Waals surface area contributed by atoms with Gasteiger partial charge in [0.2, 0.25) is 5.88 Å². The highest BCUT2D eigenvalue weighted by molar-refractivity contribution is 5.36. The highest BCUT2D eigenvalue weighted by Crippen LogP contribution is 2.43. The highest BCUT2D eigenvalue weighted by atomic mass is 16.5. The Morgan fingerprint density at radius 1 is 1.24 bits per heavy atom. The van der Waals surface area contributed by atoms with Crippen molar-refractivity contribution in [2.24, 2.45) is 5.73 Å². The van der Waals surface area contributed by atoms with E-state index >= 15 is 0 Å². The Hall–Kier alpha value is -1.36. The summed E-state index contributed by atoms with van der Waals surface area (Å²) in [6.07, 6.45) is 4.18. The summed E-state index contributed by atoms with van der Waals surface area (Å²) < 4.78 is 10.4. The average molecular weight is 237 g/mol. The van der Waals surface area contributed by atoms with E-state index in [4.69, 9.17) is 15.2 Å². The van der Waals surface area contributed by atoms with Crippen LogP contribution in [0.5, 0.6) is 11.9 Å². The summed E-state index contributed by atoms with van der Waals surface area (Å²) in [7, 11) is 3.20. The van der Waals surface area contributed by atoms with Gasteiger partial charge in [-0.15, -0.1) is 0 Å². The van der Waals surface area contributed by atoms with Crippen LogP contribution in [0.15, 0.2) is 0 Å².